The molecule has 106 valence electrons. The first-order chi connectivity index (χ1) is 9.29. The Kier molecular flexibility index (Phi) is 5.32. The van der Waals surface area contributed by atoms with Gasteiger partial charge in [-0.15, -0.1) is 0 Å². The number of rotatable bonds is 6. The van der Waals surface area contributed by atoms with Crippen LogP contribution in [-0.2, 0) is 11.2 Å². The first kappa shape index (κ1) is 14.0. The van der Waals surface area contributed by atoms with Crippen LogP contribution in [0.4, 0.5) is 0 Å². The lowest BCUT2D eigenvalue weighted by molar-refractivity contribution is -0.132. The molecule has 2 N–H and O–H groups in total. The molecule has 0 aliphatic carbocycles. The van der Waals surface area contributed by atoms with Gasteiger partial charge in [-0.2, -0.15) is 15.4 Å². The van der Waals surface area contributed by atoms with Crippen LogP contribution in [0.25, 0.3) is 0 Å². The third-order valence-electron chi connectivity index (χ3n) is 3.79. The molecule has 1 aliphatic heterocycles. The molecule has 0 radical (unpaired) electrons. The second-order valence-corrected chi connectivity index (χ2v) is 5.11. The van der Waals surface area contributed by atoms with Crippen LogP contribution in [0.2, 0.25) is 0 Å². The average molecular weight is 265 g/mol. The van der Waals surface area contributed by atoms with Crippen LogP contribution in [0.5, 0.6) is 0 Å². The molecular formula is C13H23N5O. The lowest BCUT2D eigenvalue weighted by Gasteiger charge is -2.31. The number of aromatic nitrogens is 3. The van der Waals surface area contributed by atoms with Crippen molar-refractivity contribution in [2.24, 2.45) is 0 Å². The van der Waals surface area contributed by atoms with Gasteiger partial charge in [0.25, 0.3) is 0 Å². The van der Waals surface area contributed by atoms with Crippen molar-refractivity contribution in [3.63, 3.8) is 0 Å². The van der Waals surface area contributed by atoms with E-state index in [0.717, 1.165) is 50.9 Å². The fourth-order valence-electron chi connectivity index (χ4n) is 2.50. The third-order valence-corrected chi connectivity index (χ3v) is 3.79. The molecule has 0 saturated carbocycles. The van der Waals surface area contributed by atoms with Crippen LogP contribution in [0.3, 0.4) is 0 Å². The number of nitrogens with zero attached hydrogens (tertiary/aromatic N) is 3. The molecule has 1 amide bonds. The van der Waals surface area contributed by atoms with E-state index < -0.39 is 0 Å². The lowest BCUT2D eigenvalue weighted by atomic mass is 10.0. The number of aryl methyl sites for hydroxylation is 1. The van der Waals surface area contributed by atoms with E-state index in [-0.39, 0.29) is 0 Å². The Morgan fingerprint density at radius 1 is 1.47 bits per heavy atom. The summed E-state index contributed by atoms with van der Waals surface area (Å²) in [5, 5.41) is 13.6. The van der Waals surface area contributed by atoms with Crippen molar-refractivity contribution < 1.29 is 4.79 Å². The summed E-state index contributed by atoms with van der Waals surface area (Å²) >= 11 is 0. The zero-order valence-electron chi connectivity index (χ0n) is 11.6. The number of hydrogen-bond donors (Lipinski definition) is 2. The molecule has 19 heavy (non-hydrogen) atoms. The number of carbonyl (C=O) groups is 1. The second-order valence-electron chi connectivity index (χ2n) is 5.11. The Labute approximate surface area is 113 Å². The fourth-order valence-corrected chi connectivity index (χ4v) is 2.50. The van der Waals surface area contributed by atoms with Crippen LogP contribution >= 0.6 is 0 Å². The summed E-state index contributed by atoms with van der Waals surface area (Å²) in [6.07, 6.45) is 7.35. The number of piperidine rings is 1. The molecule has 1 saturated heterocycles. The van der Waals surface area contributed by atoms with Crippen LogP contribution in [0.15, 0.2) is 6.20 Å². The van der Waals surface area contributed by atoms with Crippen molar-refractivity contribution in [2.45, 2.75) is 44.6 Å². The molecule has 0 bridgehead atoms. The summed E-state index contributed by atoms with van der Waals surface area (Å²) < 4.78 is 0. The number of H-pyrrole nitrogens is 1. The molecular weight excluding hydrogens is 242 g/mol. The van der Waals surface area contributed by atoms with Gasteiger partial charge in [-0.05, 0) is 39.2 Å². The predicted octanol–water partition coefficient (Wildman–Crippen LogP) is 0.728. The maximum absolute atomic E-state index is 12.0. The molecule has 0 unspecified atom stereocenters. The van der Waals surface area contributed by atoms with E-state index in [2.05, 4.69) is 20.7 Å². The van der Waals surface area contributed by atoms with E-state index in [4.69, 9.17) is 0 Å². The Balaban J connectivity index is 1.59. The third kappa shape index (κ3) is 4.31. The standard InChI is InChI=1S/C13H23N5O/c1-14-11-6-8-18(9-7-11)13(19)5-3-2-4-12-10-15-17-16-12/h10-11,14H,2-9H2,1H3,(H,15,16,17). The number of carbonyl (C=O) groups excluding carboxylic acids is 1. The summed E-state index contributed by atoms with van der Waals surface area (Å²) in [4.78, 5) is 14.0. The second kappa shape index (κ2) is 7.23. The summed E-state index contributed by atoms with van der Waals surface area (Å²) in [5.41, 5.74) is 0.974. The summed E-state index contributed by atoms with van der Waals surface area (Å²) in [5.74, 6) is 0.301. The molecule has 1 aromatic rings. The van der Waals surface area contributed by atoms with E-state index in [0.29, 0.717) is 18.4 Å². The smallest absolute Gasteiger partial charge is 0.222 e. The van der Waals surface area contributed by atoms with Gasteiger partial charge in [0.1, 0.15) is 0 Å². The normalized spacial score (nSPS) is 16.8. The van der Waals surface area contributed by atoms with E-state index >= 15 is 0 Å². The average Bonchev–Trinajstić information content (AvgIpc) is 2.96. The maximum Gasteiger partial charge on any atom is 0.222 e. The molecule has 0 aromatic carbocycles. The fraction of sp³-hybridized carbons (Fsp3) is 0.769. The summed E-state index contributed by atoms with van der Waals surface area (Å²) in [7, 11) is 1.99. The first-order valence-corrected chi connectivity index (χ1v) is 7.09. The summed E-state index contributed by atoms with van der Waals surface area (Å²) in [6.45, 7) is 1.79. The predicted molar refractivity (Wildman–Crippen MR) is 72.6 cm³/mol. The highest BCUT2D eigenvalue weighted by Gasteiger charge is 2.20. The van der Waals surface area contributed by atoms with Crippen molar-refractivity contribution in [1.82, 2.24) is 25.6 Å². The maximum atomic E-state index is 12.0. The minimum absolute atomic E-state index is 0.301. The van der Waals surface area contributed by atoms with Crippen LogP contribution in [0, 0.1) is 0 Å². The quantitative estimate of drug-likeness (QED) is 0.744. The largest absolute Gasteiger partial charge is 0.343 e. The van der Waals surface area contributed by atoms with E-state index in [1.54, 1.807) is 6.20 Å². The number of amides is 1. The lowest BCUT2D eigenvalue weighted by Crippen LogP contribution is -2.43. The number of aromatic amines is 1. The molecule has 1 aromatic heterocycles. The number of likely N-dealkylation sites (tertiary alicyclic amines) is 1. The first-order valence-electron chi connectivity index (χ1n) is 7.09. The van der Waals surface area contributed by atoms with Gasteiger partial charge in [0.15, 0.2) is 0 Å². The SMILES string of the molecule is CNC1CCN(C(=O)CCCCc2cn[nH]n2)CC1. The van der Waals surface area contributed by atoms with Gasteiger partial charge < -0.3 is 10.2 Å². The van der Waals surface area contributed by atoms with Gasteiger partial charge in [0.05, 0.1) is 11.9 Å². The van der Waals surface area contributed by atoms with Crippen molar-refractivity contribution >= 4 is 5.91 Å². The van der Waals surface area contributed by atoms with E-state index in [1.807, 2.05) is 11.9 Å². The minimum atomic E-state index is 0.301. The molecule has 0 atom stereocenters. The number of nitrogens with one attached hydrogen (secondary N) is 2. The van der Waals surface area contributed by atoms with E-state index in [1.165, 1.54) is 0 Å². The monoisotopic (exact) mass is 265 g/mol. The Hall–Kier alpha value is -1.43. The zero-order valence-corrected chi connectivity index (χ0v) is 11.6. The number of unbranched alkanes of at least 4 members (excludes halogenated alkanes) is 1. The van der Waals surface area contributed by atoms with Crippen LogP contribution in [0.1, 0.15) is 37.8 Å². The van der Waals surface area contributed by atoms with Crippen molar-refractivity contribution in [3.05, 3.63) is 11.9 Å². The molecule has 1 fully saturated rings. The highest BCUT2D eigenvalue weighted by molar-refractivity contribution is 5.76. The van der Waals surface area contributed by atoms with Crippen LogP contribution < -0.4 is 5.32 Å². The molecule has 2 rings (SSSR count). The molecule has 1 aliphatic rings. The van der Waals surface area contributed by atoms with Crippen molar-refractivity contribution in [1.29, 1.82) is 0 Å². The highest BCUT2D eigenvalue weighted by Crippen LogP contribution is 2.12. The minimum Gasteiger partial charge on any atom is -0.343 e. The zero-order chi connectivity index (χ0) is 13.5. The van der Waals surface area contributed by atoms with Crippen molar-refractivity contribution in [3.8, 4) is 0 Å². The topological polar surface area (TPSA) is 73.9 Å². The molecule has 0 spiro atoms. The molecule has 2 heterocycles. The Morgan fingerprint density at radius 2 is 2.26 bits per heavy atom. The van der Waals surface area contributed by atoms with E-state index in [9.17, 15) is 4.79 Å². The van der Waals surface area contributed by atoms with Gasteiger partial charge in [-0.25, -0.2) is 0 Å². The van der Waals surface area contributed by atoms with Gasteiger partial charge in [0.2, 0.25) is 5.91 Å². The highest BCUT2D eigenvalue weighted by atomic mass is 16.2. The number of hydrogen-bond acceptors (Lipinski definition) is 4. The molecule has 6 heteroatoms. The van der Waals surface area contributed by atoms with Gasteiger partial charge in [-0.1, -0.05) is 0 Å². The summed E-state index contributed by atoms with van der Waals surface area (Å²) in [6, 6.07) is 0.580. The Bertz CT molecular complexity index is 370. The van der Waals surface area contributed by atoms with Crippen molar-refractivity contribution in [2.75, 3.05) is 20.1 Å². The van der Waals surface area contributed by atoms with Gasteiger partial charge in [-0.3, -0.25) is 4.79 Å². The Morgan fingerprint density at radius 3 is 2.89 bits per heavy atom. The van der Waals surface area contributed by atoms with Crippen LogP contribution in [-0.4, -0.2) is 52.4 Å². The van der Waals surface area contributed by atoms with Gasteiger partial charge >= 0.3 is 0 Å². The molecule has 6 nitrogen and oxygen atoms in total. The van der Waals surface area contributed by atoms with Gasteiger partial charge in [0, 0.05) is 25.6 Å².